The number of aryl methyl sites for hydroxylation is 1. The van der Waals surface area contributed by atoms with Crippen LogP contribution in [0.4, 0.5) is 5.69 Å². The van der Waals surface area contributed by atoms with Crippen LogP contribution < -0.4 is 15.0 Å². The van der Waals surface area contributed by atoms with Crippen LogP contribution in [-0.4, -0.2) is 32.1 Å². The van der Waals surface area contributed by atoms with Crippen LogP contribution >= 0.6 is 0 Å². The van der Waals surface area contributed by atoms with Gasteiger partial charge in [-0.1, -0.05) is 29.8 Å². The Morgan fingerprint density at radius 2 is 1.72 bits per heavy atom. The highest BCUT2D eigenvalue weighted by Gasteiger charge is 2.21. The Morgan fingerprint density at radius 1 is 1.08 bits per heavy atom. The van der Waals surface area contributed by atoms with Crippen LogP contribution in [0.3, 0.4) is 0 Å². The molecule has 0 saturated carbocycles. The summed E-state index contributed by atoms with van der Waals surface area (Å²) >= 11 is 0. The second-order valence-corrected chi connectivity index (χ2v) is 6.69. The first-order valence-corrected chi connectivity index (χ1v) is 8.88. The molecule has 2 aromatic carbocycles. The molecule has 0 unspecified atom stereocenters. The number of amides is 1. The summed E-state index contributed by atoms with van der Waals surface area (Å²) in [5.41, 5.74) is 3.50. The summed E-state index contributed by atoms with van der Waals surface area (Å²) in [6.45, 7) is 3.98. The Kier molecular flexibility index (Phi) is 5.59. The first-order chi connectivity index (χ1) is 12.1. The molecule has 25 heavy (non-hydrogen) atoms. The lowest BCUT2D eigenvalue weighted by Crippen LogP contribution is -2.45. The monoisotopic (exact) mass is 338 g/mol. The molecule has 0 bridgehead atoms. The SMILES string of the molecule is COc1ccc(N2CCC(NC(=O)Cc3ccc(C)cc3)CC2)cc1. The van der Waals surface area contributed by atoms with E-state index >= 15 is 0 Å². The van der Waals surface area contributed by atoms with Gasteiger partial charge in [-0.25, -0.2) is 0 Å². The molecular formula is C21H26N2O2. The predicted molar refractivity (Wildman–Crippen MR) is 101 cm³/mol. The third-order valence-electron chi connectivity index (χ3n) is 4.78. The number of nitrogens with one attached hydrogen (secondary N) is 1. The maximum absolute atomic E-state index is 12.2. The van der Waals surface area contributed by atoms with E-state index in [1.54, 1.807) is 7.11 Å². The Balaban J connectivity index is 1.46. The van der Waals surface area contributed by atoms with Crippen molar-refractivity contribution in [1.29, 1.82) is 0 Å². The van der Waals surface area contributed by atoms with E-state index in [-0.39, 0.29) is 11.9 Å². The molecule has 4 nitrogen and oxygen atoms in total. The van der Waals surface area contributed by atoms with E-state index in [4.69, 9.17) is 4.74 Å². The van der Waals surface area contributed by atoms with Crippen molar-refractivity contribution in [3.05, 3.63) is 59.7 Å². The molecular weight excluding hydrogens is 312 g/mol. The Hall–Kier alpha value is -2.49. The van der Waals surface area contributed by atoms with E-state index in [0.717, 1.165) is 37.2 Å². The van der Waals surface area contributed by atoms with Crippen molar-refractivity contribution in [2.45, 2.75) is 32.2 Å². The highest BCUT2D eigenvalue weighted by atomic mass is 16.5. The summed E-state index contributed by atoms with van der Waals surface area (Å²) in [7, 11) is 1.68. The van der Waals surface area contributed by atoms with Gasteiger partial charge in [0.2, 0.25) is 5.91 Å². The first kappa shape index (κ1) is 17.3. The van der Waals surface area contributed by atoms with E-state index in [1.807, 2.05) is 24.3 Å². The normalized spacial score (nSPS) is 15.0. The zero-order valence-corrected chi connectivity index (χ0v) is 15.0. The number of piperidine rings is 1. The first-order valence-electron chi connectivity index (χ1n) is 8.88. The number of hydrogen-bond acceptors (Lipinski definition) is 3. The van der Waals surface area contributed by atoms with E-state index in [0.29, 0.717) is 6.42 Å². The smallest absolute Gasteiger partial charge is 0.224 e. The molecule has 1 aliphatic rings. The average molecular weight is 338 g/mol. The minimum Gasteiger partial charge on any atom is -0.497 e. The van der Waals surface area contributed by atoms with E-state index < -0.39 is 0 Å². The molecule has 132 valence electrons. The minimum atomic E-state index is 0.117. The van der Waals surface area contributed by atoms with Crippen LogP contribution in [0, 0.1) is 6.92 Å². The number of nitrogens with zero attached hydrogens (tertiary/aromatic N) is 1. The highest BCUT2D eigenvalue weighted by Crippen LogP contribution is 2.22. The Labute approximate surface area is 149 Å². The fourth-order valence-corrected chi connectivity index (χ4v) is 3.25. The number of hydrogen-bond donors (Lipinski definition) is 1. The van der Waals surface area contributed by atoms with Gasteiger partial charge in [0, 0.05) is 24.8 Å². The summed E-state index contributed by atoms with van der Waals surface area (Å²) in [5, 5.41) is 3.19. The number of carbonyl (C=O) groups excluding carboxylic acids is 1. The summed E-state index contributed by atoms with van der Waals surface area (Å²) in [6.07, 6.45) is 2.41. The van der Waals surface area contributed by atoms with Gasteiger partial charge in [-0.2, -0.15) is 0 Å². The minimum absolute atomic E-state index is 0.117. The summed E-state index contributed by atoms with van der Waals surface area (Å²) < 4.78 is 5.21. The van der Waals surface area contributed by atoms with Crippen LogP contribution in [0.25, 0.3) is 0 Å². The lowest BCUT2D eigenvalue weighted by molar-refractivity contribution is -0.121. The maximum Gasteiger partial charge on any atom is 0.224 e. The lowest BCUT2D eigenvalue weighted by atomic mass is 10.0. The molecule has 0 aliphatic carbocycles. The lowest BCUT2D eigenvalue weighted by Gasteiger charge is -2.34. The molecule has 1 amide bonds. The zero-order valence-electron chi connectivity index (χ0n) is 15.0. The third kappa shape index (κ3) is 4.75. The van der Waals surface area contributed by atoms with E-state index in [2.05, 4.69) is 41.4 Å². The Morgan fingerprint density at radius 3 is 2.32 bits per heavy atom. The number of anilines is 1. The second-order valence-electron chi connectivity index (χ2n) is 6.69. The summed E-state index contributed by atoms with van der Waals surface area (Å²) in [6, 6.07) is 16.6. The molecule has 3 rings (SSSR count). The van der Waals surface area contributed by atoms with Crippen molar-refractivity contribution in [2.24, 2.45) is 0 Å². The molecule has 0 radical (unpaired) electrons. The molecule has 4 heteroatoms. The summed E-state index contributed by atoms with van der Waals surface area (Å²) in [4.78, 5) is 14.6. The molecule has 0 atom stereocenters. The van der Waals surface area contributed by atoms with Gasteiger partial charge in [0.1, 0.15) is 5.75 Å². The molecule has 0 aromatic heterocycles. The number of benzene rings is 2. The molecule has 1 fully saturated rings. The topological polar surface area (TPSA) is 41.6 Å². The van der Waals surface area contributed by atoms with Crippen molar-refractivity contribution >= 4 is 11.6 Å². The second kappa shape index (κ2) is 8.06. The third-order valence-corrected chi connectivity index (χ3v) is 4.78. The standard InChI is InChI=1S/C21H26N2O2/c1-16-3-5-17(6-4-16)15-21(24)22-18-11-13-23(14-12-18)19-7-9-20(25-2)10-8-19/h3-10,18H,11-15H2,1-2H3,(H,22,24). The van der Waals surface area contributed by atoms with Gasteiger partial charge in [0.05, 0.1) is 13.5 Å². The molecule has 1 saturated heterocycles. The van der Waals surface area contributed by atoms with Gasteiger partial charge >= 0.3 is 0 Å². The van der Waals surface area contributed by atoms with Crippen molar-refractivity contribution in [2.75, 3.05) is 25.1 Å². The molecule has 1 N–H and O–H groups in total. The highest BCUT2D eigenvalue weighted by molar-refractivity contribution is 5.78. The maximum atomic E-state index is 12.2. The largest absolute Gasteiger partial charge is 0.497 e. The van der Waals surface area contributed by atoms with Crippen molar-refractivity contribution < 1.29 is 9.53 Å². The quantitative estimate of drug-likeness (QED) is 0.909. The number of carbonyl (C=O) groups is 1. The fraction of sp³-hybridized carbons (Fsp3) is 0.381. The van der Waals surface area contributed by atoms with Gasteiger partial charge in [-0.3, -0.25) is 4.79 Å². The van der Waals surface area contributed by atoms with Gasteiger partial charge in [0.25, 0.3) is 0 Å². The van der Waals surface area contributed by atoms with Crippen molar-refractivity contribution in [3.8, 4) is 5.75 Å². The van der Waals surface area contributed by atoms with Gasteiger partial charge in [0.15, 0.2) is 0 Å². The van der Waals surface area contributed by atoms with Crippen LogP contribution in [0.15, 0.2) is 48.5 Å². The van der Waals surface area contributed by atoms with Crippen LogP contribution in [0.2, 0.25) is 0 Å². The molecule has 2 aromatic rings. The molecule has 1 heterocycles. The van der Waals surface area contributed by atoms with Gasteiger partial charge in [-0.05, 0) is 49.6 Å². The molecule has 1 aliphatic heterocycles. The predicted octanol–water partition coefficient (Wildman–Crippen LogP) is 3.33. The number of ether oxygens (including phenoxy) is 1. The fourth-order valence-electron chi connectivity index (χ4n) is 3.25. The van der Waals surface area contributed by atoms with E-state index in [1.165, 1.54) is 11.3 Å². The van der Waals surface area contributed by atoms with Crippen LogP contribution in [-0.2, 0) is 11.2 Å². The zero-order chi connectivity index (χ0) is 17.6. The van der Waals surface area contributed by atoms with Crippen LogP contribution in [0.5, 0.6) is 5.75 Å². The van der Waals surface area contributed by atoms with Crippen molar-refractivity contribution in [1.82, 2.24) is 5.32 Å². The van der Waals surface area contributed by atoms with Gasteiger partial charge in [-0.15, -0.1) is 0 Å². The number of methoxy groups -OCH3 is 1. The summed E-state index contributed by atoms with van der Waals surface area (Å²) in [5.74, 6) is 0.994. The molecule has 0 spiro atoms. The average Bonchev–Trinajstić information content (AvgIpc) is 2.64. The Bertz CT molecular complexity index is 687. The van der Waals surface area contributed by atoms with Crippen molar-refractivity contribution in [3.63, 3.8) is 0 Å². The van der Waals surface area contributed by atoms with Gasteiger partial charge < -0.3 is 15.0 Å². The van der Waals surface area contributed by atoms with E-state index in [9.17, 15) is 4.79 Å². The van der Waals surface area contributed by atoms with Crippen LogP contribution in [0.1, 0.15) is 24.0 Å². The number of rotatable bonds is 5.